The Kier molecular flexibility index (Phi) is 26.3. The molecule has 0 amide bonds. The summed E-state index contributed by atoms with van der Waals surface area (Å²) < 4.78 is 51.4. The molecule has 16 rings (SSSR count). The van der Waals surface area contributed by atoms with Crippen molar-refractivity contribution in [2.24, 2.45) is 0 Å². The lowest BCUT2D eigenvalue weighted by molar-refractivity contribution is 0.413. The average Bonchev–Trinajstić information content (AvgIpc) is 0.754. The third-order valence-corrected chi connectivity index (χ3v) is 25.4. The molecule has 0 N–H and O–H groups in total. The molecule has 0 aliphatic rings. The molecule has 9 nitrogen and oxygen atoms in total. The van der Waals surface area contributed by atoms with Crippen molar-refractivity contribution in [3.8, 4) is 98.7 Å². The minimum absolute atomic E-state index is 0.765. The first kappa shape index (κ1) is 87.6. The van der Waals surface area contributed by atoms with Crippen LogP contribution in [-0.4, -0.2) is 72.1 Å². The molecule has 0 heterocycles. The Labute approximate surface area is 765 Å². The maximum atomic E-state index is 5.71. The summed E-state index contributed by atoms with van der Waals surface area (Å²) in [6.07, 6.45) is 0. The number of ether oxygens (including phenoxy) is 9. The van der Waals surface area contributed by atoms with Crippen LogP contribution in [0.25, 0.3) is 0 Å². The van der Waals surface area contributed by atoms with Gasteiger partial charge < -0.3 is 42.6 Å². The van der Waals surface area contributed by atoms with Gasteiger partial charge in [-0.25, -0.2) is 0 Å². The third-order valence-electron chi connectivity index (χ3n) is 24.6. The van der Waals surface area contributed by atoms with E-state index < -0.39 is 29.7 Å². The van der Waals surface area contributed by atoms with Crippen molar-refractivity contribution in [1.82, 2.24) is 0 Å². The van der Waals surface area contributed by atoms with Crippen LogP contribution in [0, 0.1) is 47.0 Å². The van der Waals surface area contributed by atoms with E-state index in [1.807, 2.05) is 109 Å². The molecule has 0 atom stereocenters. The molecule has 0 unspecified atom stereocenters. The number of methoxy groups -OCH3 is 9. The average molecular weight is 1710 g/mol. The second-order valence-corrected chi connectivity index (χ2v) is 37.6. The summed E-state index contributed by atoms with van der Waals surface area (Å²) in [5.74, 6) is 31.9. The molecule has 0 fully saturated rings. The van der Waals surface area contributed by atoms with Crippen molar-refractivity contribution in [3.05, 3.63) is 516 Å². The van der Waals surface area contributed by atoms with E-state index >= 15 is 0 Å². The minimum Gasteiger partial charge on any atom is -0.497 e. The molecule has 0 aliphatic carbocycles. The summed E-state index contributed by atoms with van der Waals surface area (Å²) in [6, 6.07) is 136. The molecule has 0 spiro atoms. The van der Waals surface area contributed by atoms with Crippen LogP contribution in [0.5, 0.6) is 51.7 Å². The topological polar surface area (TPSA) is 83.1 Å². The highest BCUT2D eigenvalue weighted by molar-refractivity contribution is 6.83. The standard InChI is InChI=1S/C120H100O9Si/c1-121-108-65-47-99(48-66-108)118(100-49-67-109(122-2)68-50-100,101-51-69-110(123-3)70-52-101)95-39-25-88(26-40-95)16-13-85-19-33-92(34-20-85)117(98-45-31-91(32-46-98)83-84-130(10,11)12,93-35-21-86(22-36-93)14-17-89-27-41-96(42-28-89)119(102-53-71-111(124-4)72-54-102,103-55-73-112(125-5)74-56-103)104-57-75-113(126-6)76-58-104)94-37-23-87(24-38-94)15-18-90-29-43-97(44-30-90)120(105-59-77-114(127-7)78-60-105,106-61-79-115(128-8)80-62-106)107-63-81-116(129-9)82-64-107/h19-82H,1-12H3. The predicted octanol–water partition coefficient (Wildman–Crippen LogP) is 24.7. The van der Waals surface area contributed by atoms with E-state index in [2.05, 4.69) is 346 Å². The molecule has 0 radical (unpaired) electrons. The molecular weight excluding hydrogens is 1610 g/mol. The predicted molar refractivity (Wildman–Crippen MR) is 526 cm³/mol. The summed E-state index contributed by atoms with van der Waals surface area (Å²) in [7, 11) is 13.5. The second kappa shape index (κ2) is 39.0. The van der Waals surface area contributed by atoms with Gasteiger partial charge >= 0.3 is 0 Å². The molecule has 0 bridgehead atoms. The van der Waals surface area contributed by atoms with Crippen LogP contribution in [-0.2, 0) is 21.7 Å². The van der Waals surface area contributed by atoms with Gasteiger partial charge in [0, 0.05) is 38.9 Å². The van der Waals surface area contributed by atoms with Crippen molar-refractivity contribution in [3.63, 3.8) is 0 Å². The normalized spacial score (nSPS) is 11.3. The first-order valence-corrected chi connectivity index (χ1v) is 46.7. The summed E-state index contributed by atoms with van der Waals surface area (Å²) >= 11 is 0. The van der Waals surface area contributed by atoms with Crippen LogP contribution in [0.4, 0.5) is 0 Å². The molecule has 0 aliphatic heterocycles. The fourth-order valence-electron chi connectivity index (χ4n) is 17.9. The van der Waals surface area contributed by atoms with Gasteiger partial charge in [0.05, 0.1) is 85.6 Å². The van der Waals surface area contributed by atoms with Crippen molar-refractivity contribution in [2.45, 2.75) is 41.3 Å². The Balaban J connectivity index is 0.799. The number of hydrogen-bond acceptors (Lipinski definition) is 9. The van der Waals surface area contributed by atoms with E-state index in [-0.39, 0.29) is 0 Å². The smallest absolute Gasteiger partial charge is 0.129 e. The van der Waals surface area contributed by atoms with Crippen molar-refractivity contribution in [2.75, 3.05) is 64.0 Å². The van der Waals surface area contributed by atoms with Crippen LogP contribution in [0.2, 0.25) is 19.6 Å². The fourth-order valence-corrected chi connectivity index (χ4v) is 18.4. The molecule has 0 saturated carbocycles. The lowest BCUT2D eigenvalue weighted by Crippen LogP contribution is -2.31. The zero-order chi connectivity index (χ0) is 90.3. The zero-order valence-corrected chi connectivity index (χ0v) is 76.1. The van der Waals surface area contributed by atoms with Gasteiger partial charge in [-0.05, 0) is 283 Å². The molecule has 638 valence electrons. The molecule has 16 aromatic rings. The third kappa shape index (κ3) is 17.8. The Morgan fingerprint density at radius 2 is 0.231 bits per heavy atom. The monoisotopic (exact) mass is 1710 g/mol. The van der Waals surface area contributed by atoms with E-state index in [1.165, 1.54) is 0 Å². The van der Waals surface area contributed by atoms with E-state index in [9.17, 15) is 0 Å². The first-order chi connectivity index (χ1) is 63.5. The highest BCUT2D eigenvalue weighted by atomic mass is 28.3. The maximum absolute atomic E-state index is 5.71. The van der Waals surface area contributed by atoms with Gasteiger partial charge in [-0.2, -0.15) is 0 Å². The van der Waals surface area contributed by atoms with E-state index in [4.69, 9.17) is 42.6 Å². The number of rotatable bonds is 25. The van der Waals surface area contributed by atoms with Gasteiger partial charge in [0.25, 0.3) is 0 Å². The maximum Gasteiger partial charge on any atom is 0.129 e. The molecule has 130 heavy (non-hydrogen) atoms. The van der Waals surface area contributed by atoms with Gasteiger partial charge in [-0.15, -0.1) is 5.54 Å². The summed E-state index contributed by atoms with van der Waals surface area (Å²) in [5.41, 5.74) is 23.2. The quantitative estimate of drug-likeness (QED) is 0.0316. The SMILES string of the molecule is COc1ccc(C(c2ccc(C#Cc3ccc(C(c4ccc(C#Cc5ccc(C(c6ccc(OC)cc6)(c6ccc(OC)cc6)c6ccc(OC)cc6)cc5)cc4)(c4ccc(C#Cc5ccc(C(c6ccc(OC)cc6)(c6ccc(OC)cc6)c6ccc(OC)cc6)cc5)cc4)c4ccc(C#C[Si](C)(C)C)cc4)cc3)cc2)(c2ccc(OC)cc2)c2ccc(OC)cc2)cc1. The van der Waals surface area contributed by atoms with Crippen LogP contribution in [0.3, 0.4) is 0 Å². The second-order valence-electron chi connectivity index (χ2n) is 32.8. The molecule has 10 heteroatoms. The Hall–Kier alpha value is -15.8. The summed E-state index contributed by atoms with van der Waals surface area (Å²) in [4.78, 5) is 0. The first-order valence-electron chi connectivity index (χ1n) is 43.2. The van der Waals surface area contributed by atoms with Gasteiger partial charge in [0.1, 0.15) is 59.8 Å². The van der Waals surface area contributed by atoms with Gasteiger partial charge in [0.2, 0.25) is 0 Å². The molecular formula is C120H100O9Si. The minimum atomic E-state index is -1.75. The van der Waals surface area contributed by atoms with Crippen LogP contribution < -0.4 is 42.6 Å². The van der Waals surface area contributed by atoms with Crippen LogP contribution >= 0.6 is 0 Å². The van der Waals surface area contributed by atoms with Crippen LogP contribution in [0.1, 0.15) is 128 Å². The highest BCUT2D eigenvalue weighted by Gasteiger charge is 2.43. The van der Waals surface area contributed by atoms with Crippen LogP contribution in [0.15, 0.2) is 388 Å². The fraction of sp³-hybridized carbons (Fsp3) is 0.133. The van der Waals surface area contributed by atoms with Gasteiger partial charge in [0.15, 0.2) is 0 Å². The Morgan fingerprint density at radius 1 is 0.138 bits per heavy atom. The highest BCUT2D eigenvalue weighted by Crippen LogP contribution is 2.52. The lowest BCUT2D eigenvalue weighted by atomic mass is 9.65. The van der Waals surface area contributed by atoms with Gasteiger partial charge in [-0.1, -0.05) is 255 Å². The Bertz CT molecular complexity index is 5870. The van der Waals surface area contributed by atoms with Gasteiger partial charge in [-0.3, -0.25) is 0 Å². The number of benzene rings is 16. The zero-order valence-electron chi connectivity index (χ0n) is 75.1. The van der Waals surface area contributed by atoms with E-state index in [0.29, 0.717) is 0 Å². The molecule has 0 saturated heterocycles. The number of hydrogen-bond donors (Lipinski definition) is 0. The van der Waals surface area contributed by atoms with E-state index in [1.54, 1.807) is 64.0 Å². The molecule has 0 aromatic heterocycles. The van der Waals surface area contributed by atoms with Crippen molar-refractivity contribution < 1.29 is 42.6 Å². The largest absolute Gasteiger partial charge is 0.497 e. The summed E-state index contributed by atoms with van der Waals surface area (Å²) in [5, 5.41) is 0. The lowest BCUT2D eigenvalue weighted by Gasteiger charge is -2.37. The van der Waals surface area contributed by atoms with E-state index in [0.717, 1.165) is 180 Å². The van der Waals surface area contributed by atoms with Crippen molar-refractivity contribution in [1.29, 1.82) is 0 Å². The van der Waals surface area contributed by atoms with Crippen molar-refractivity contribution >= 4 is 8.07 Å². The molecule has 16 aromatic carbocycles. The summed E-state index contributed by atoms with van der Waals surface area (Å²) in [6.45, 7) is 6.82. The Morgan fingerprint density at radius 3 is 0.323 bits per heavy atom.